The van der Waals surface area contributed by atoms with Gasteiger partial charge in [-0.2, -0.15) is 0 Å². The van der Waals surface area contributed by atoms with Crippen molar-refractivity contribution in [1.29, 1.82) is 0 Å². The van der Waals surface area contributed by atoms with Gasteiger partial charge in [0, 0.05) is 19.3 Å². The molecule has 108 valence electrons. The lowest BCUT2D eigenvalue weighted by Gasteiger charge is -2.20. The third-order valence-electron chi connectivity index (χ3n) is 3.44. The molecule has 0 aliphatic carbocycles. The lowest BCUT2D eigenvalue weighted by molar-refractivity contribution is 0.132. The van der Waals surface area contributed by atoms with E-state index in [9.17, 15) is 0 Å². The predicted octanol–water partition coefficient (Wildman–Crippen LogP) is 4.08. The summed E-state index contributed by atoms with van der Waals surface area (Å²) in [6.45, 7) is 13.7. The second-order valence-corrected chi connectivity index (χ2v) is 5.45. The Morgan fingerprint density at radius 2 is 1.74 bits per heavy atom. The Morgan fingerprint density at radius 1 is 1.11 bits per heavy atom. The van der Waals surface area contributed by atoms with Crippen LogP contribution in [0.25, 0.3) is 0 Å². The monoisotopic (exact) mass is 263 g/mol. The molecule has 0 saturated carbocycles. The second-order valence-electron chi connectivity index (χ2n) is 5.45. The molecule has 0 heterocycles. The lowest BCUT2D eigenvalue weighted by atomic mass is 9.95. The van der Waals surface area contributed by atoms with Crippen LogP contribution in [0.2, 0.25) is 0 Å². The van der Waals surface area contributed by atoms with Gasteiger partial charge in [0.2, 0.25) is 0 Å². The van der Waals surface area contributed by atoms with Gasteiger partial charge in [-0.05, 0) is 63.8 Å². The fourth-order valence-electron chi connectivity index (χ4n) is 2.72. The molecule has 1 atom stereocenters. The number of nitrogens with one attached hydrogen (secondary N) is 1. The van der Waals surface area contributed by atoms with Crippen molar-refractivity contribution in [2.45, 2.75) is 53.5 Å². The maximum absolute atomic E-state index is 5.49. The molecule has 1 rings (SSSR count). The minimum Gasteiger partial charge on any atom is -0.381 e. The van der Waals surface area contributed by atoms with Gasteiger partial charge < -0.3 is 10.1 Å². The first kappa shape index (κ1) is 16.2. The van der Waals surface area contributed by atoms with Gasteiger partial charge in [-0.25, -0.2) is 0 Å². The Kier molecular flexibility index (Phi) is 7.11. The smallest absolute Gasteiger partial charge is 0.0478 e. The average molecular weight is 263 g/mol. The topological polar surface area (TPSA) is 21.3 Å². The van der Waals surface area contributed by atoms with Crippen molar-refractivity contribution in [1.82, 2.24) is 5.32 Å². The molecule has 0 fully saturated rings. The lowest BCUT2D eigenvalue weighted by Crippen LogP contribution is -2.22. The van der Waals surface area contributed by atoms with Gasteiger partial charge in [0.25, 0.3) is 0 Å². The van der Waals surface area contributed by atoms with E-state index < -0.39 is 0 Å². The second kappa shape index (κ2) is 8.34. The first-order valence-electron chi connectivity index (χ1n) is 7.45. The number of aryl methyl sites for hydroxylation is 3. The van der Waals surface area contributed by atoms with Gasteiger partial charge in [-0.1, -0.05) is 24.6 Å². The highest BCUT2D eigenvalue weighted by molar-refractivity contribution is 5.39. The van der Waals surface area contributed by atoms with Gasteiger partial charge >= 0.3 is 0 Å². The van der Waals surface area contributed by atoms with E-state index in [1.54, 1.807) is 0 Å². The van der Waals surface area contributed by atoms with Crippen LogP contribution >= 0.6 is 0 Å². The number of hydrogen-bond acceptors (Lipinski definition) is 2. The van der Waals surface area contributed by atoms with Crippen molar-refractivity contribution in [2.24, 2.45) is 0 Å². The van der Waals surface area contributed by atoms with E-state index in [1.165, 1.54) is 22.3 Å². The van der Waals surface area contributed by atoms with Gasteiger partial charge in [0.1, 0.15) is 0 Å². The van der Waals surface area contributed by atoms with Gasteiger partial charge in [-0.15, -0.1) is 0 Å². The molecule has 2 heteroatoms. The van der Waals surface area contributed by atoms with Crippen LogP contribution in [0.15, 0.2) is 12.1 Å². The van der Waals surface area contributed by atoms with Gasteiger partial charge in [0.15, 0.2) is 0 Å². The molecule has 0 saturated heterocycles. The van der Waals surface area contributed by atoms with Crippen LogP contribution in [-0.2, 0) is 4.74 Å². The summed E-state index contributed by atoms with van der Waals surface area (Å²) < 4.78 is 5.49. The maximum Gasteiger partial charge on any atom is 0.0478 e. The highest BCUT2D eigenvalue weighted by atomic mass is 16.5. The zero-order valence-electron chi connectivity index (χ0n) is 13.2. The molecule has 1 N–H and O–H groups in total. The van der Waals surface area contributed by atoms with E-state index in [-0.39, 0.29) is 0 Å². The number of benzene rings is 1. The largest absolute Gasteiger partial charge is 0.381 e. The van der Waals surface area contributed by atoms with Crippen molar-refractivity contribution in [3.05, 3.63) is 34.4 Å². The van der Waals surface area contributed by atoms with E-state index in [1.807, 2.05) is 0 Å². The zero-order valence-corrected chi connectivity index (χ0v) is 13.2. The molecular formula is C17H29NO. The summed E-state index contributed by atoms with van der Waals surface area (Å²) >= 11 is 0. The van der Waals surface area contributed by atoms with Crippen LogP contribution in [0, 0.1) is 20.8 Å². The van der Waals surface area contributed by atoms with Crippen molar-refractivity contribution in [3.63, 3.8) is 0 Å². The SMILES string of the molecule is CCCOCCCNC(C)c1c(C)cc(C)cc1C. The molecule has 0 spiro atoms. The fourth-order valence-corrected chi connectivity index (χ4v) is 2.72. The first-order valence-corrected chi connectivity index (χ1v) is 7.45. The van der Waals surface area contributed by atoms with Crippen molar-refractivity contribution < 1.29 is 4.74 Å². The van der Waals surface area contributed by atoms with Gasteiger partial charge in [-0.3, -0.25) is 0 Å². The Morgan fingerprint density at radius 3 is 2.32 bits per heavy atom. The highest BCUT2D eigenvalue weighted by Crippen LogP contribution is 2.23. The molecule has 0 aliphatic rings. The number of hydrogen-bond donors (Lipinski definition) is 1. The van der Waals surface area contributed by atoms with Crippen molar-refractivity contribution in [3.8, 4) is 0 Å². The molecule has 19 heavy (non-hydrogen) atoms. The summed E-state index contributed by atoms with van der Waals surface area (Å²) in [5.41, 5.74) is 5.57. The molecule has 1 aromatic rings. The van der Waals surface area contributed by atoms with Gasteiger partial charge in [0.05, 0.1) is 0 Å². The van der Waals surface area contributed by atoms with Crippen LogP contribution in [0.4, 0.5) is 0 Å². The zero-order chi connectivity index (χ0) is 14.3. The first-order chi connectivity index (χ1) is 9.06. The minimum absolute atomic E-state index is 0.409. The molecular weight excluding hydrogens is 234 g/mol. The predicted molar refractivity (Wildman–Crippen MR) is 82.8 cm³/mol. The van der Waals surface area contributed by atoms with E-state index in [0.717, 1.165) is 32.6 Å². The average Bonchev–Trinajstić information content (AvgIpc) is 2.32. The maximum atomic E-state index is 5.49. The highest BCUT2D eigenvalue weighted by Gasteiger charge is 2.11. The third-order valence-corrected chi connectivity index (χ3v) is 3.44. The summed E-state index contributed by atoms with van der Waals surface area (Å²) in [6, 6.07) is 4.95. The van der Waals surface area contributed by atoms with E-state index >= 15 is 0 Å². The molecule has 0 bridgehead atoms. The molecule has 0 aliphatic heterocycles. The van der Waals surface area contributed by atoms with E-state index in [0.29, 0.717) is 6.04 Å². The summed E-state index contributed by atoms with van der Waals surface area (Å²) in [5.74, 6) is 0. The summed E-state index contributed by atoms with van der Waals surface area (Å²) in [6.07, 6.45) is 2.18. The van der Waals surface area contributed by atoms with Crippen LogP contribution in [0.1, 0.15) is 55.0 Å². The molecule has 1 aromatic carbocycles. The normalized spacial score (nSPS) is 12.7. The summed E-state index contributed by atoms with van der Waals surface area (Å²) in [7, 11) is 0. The number of ether oxygens (including phenoxy) is 1. The Balaban J connectivity index is 2.43. The third kappa shape index (κ3) is 5.33. The molecule has 0 amide bonds. The fraction of sp³-hybridized carbons (Fsp3) is 0.647. The van der Waals surface area contributed by atoms with Crippen LogP contribution in [-0.4, -0.2) is 19.8 Å². The van der Waals surface area contributed by atoms with Crippen LogP contribution in [0.5, 0.6) is 0 Å². The van der Waals surface area contributed by atoms with E-state index in [2.05, 4.69) is 52.1 Å². The summed E-state index contributed by atoms with van der Waals surface area (Å²) in [5, 5.41) is 3.60. The van der Waals surface area contributed by atoms with Crippen molar-refractivity contribution in [2.75, 3.05) is 19.8 Å². The number of rotatable bonds is 8. The van der Waals surface area contributed by atoms with Crippen LogP contribution < -0.4 is 5.32 Å². The Labute approximate surface area is 118 Å². The molecule has 2 nitrogen and oxygen atoms in total. The molecule has 0 radical (unpaired) electrons. The van der Waals surface area contributed by atoms with E-state index in [4.69, 9.17) is 4.74 Å². The molecule has 1 unspecified atom stereocenters. The molecule has 0 aromatic heterocycles. The minimum atomic E-state index is 0.409. The van der Waals surface area contributed by atoms with Crippen molar-refractivity contribution >= 4 is 0 Å². The standard InChI is InChI=1S/C17H29NO/c1-6-9-19-10-7-8-18-16(5)17-14(3)11-13(2)12-15(17)4/h11-12,16,18H,6-10H2,1-5H3. The quantitative estimate of drug-likeness (QED) is 0.714. The summed E-state index contributed by atoms with van der Waals surface area (Å²) in [4.78, 5) is 0. The Bertz CT molecular complexity index is 364. The Hall–Kier alpha value is -0.860. The van der Waals surface area contributed by atoms with Crippen LogP contribution in [0.3, 0.4) is 0 Å².